The number of aliphatic hydroxyl groups is 1. The normalized spacial score (nSPS) is 10.4. The molecule has 0 radical (unpaired) electrons. The van der Waals surface area contributed by atoms with Crippen molar-refractivity contribution in [2.45, 2.75) is 11.3 Å². The van der Waals surface area contributed by atoms with Crippen molar-refractivity contribution in [2.24, 2.45) is 0 Å². The van der Waals surface area contributed by atoms with Gasteiger partial charge in [-0.25, -0.2) is 0 Å². The van der Waals surface area contributed by atoms with Crippen LogP contribution in [0, 0.1) is 0 Å². The summed E-state index contributed by atoms with van der Waals surface area (Å²) in [5, 5.41) is 8.58. The van der Waals surface area contributed by atoms with Gasteiger partial charge < -0.3 is 5.11 Å². The van der Waals surface area contributed by atoms with E-state index in [-0.39, 0.29) is 0 Å². The molecule has 0 aliphatic carbocycles. The van der Waals surface area contributed by atoms with Gasteiger partial charge in [-0.3, -0.25) is 0 Å². The highest BCUT2D eigenvalue weighted by molar-refractivity contribution is 8.02. The van der Waals surface area contributed by atoms with E-state index in [2.05, 4.69) is 24.3 Å². The highest BCUT2D eigenvalue weighted by Crippen LogP contribution is 2.18. The zero-order valence-corrected chi connectivity index (χ0v) is 9.82. The zero-order chi connectivity index (χ0) is 10.1. The van der Waals surface area contributed by atoms with Crippen molar-refractivity contribution in [3.8, 4) is 0 Å². The van der Waals surface area contributed by atoms with Gasteiger partial charge in [-0.2, -0.15) is 11.8 Å². The highest BCUT2D eigenvalue weighted by atomic mass is 32.2. The van der Waals surface area contributed by atoms with Crippen LogP contribution in [-0.4, -0.2) is 29.0 Å². The van der Waals surface area contributed by atoms with Crippen molar-refractivity contribution in [1.82, 2.24) is 0 Å². The van der Waals surface area contributed by atoms with Crippen LogP contribution in [-0.2, 0) is 0 Å². The van der Waals surface area contributed by atoms with Crippen molar-refractivity contribution in [3.63, 3.8) is 0 Å². The van der Waals surface area contributed by atoms with E-state index in [1.54, 1.807) is 0 Å². The second-order valence-corrected chi connectivity index (χ2v) is 5.24. The van der Waals surface area contributed by atoms with Crippen molar-refractivity contribution < 1.29 is 5.11 Å². The summed E-state index contributed by atoms with van der Waals surface area (Å²) in [5.41, 5.74) is 0. The lowest BCUT2D eigenvalue weighted by molar-refractivity contribution is 0.296. The molecule has 0 spiro atoms. The molecule has 0 aliphatic rings. The summed E-state index contributed by atoms with van der Waals surface area (Å²) < 4.78 is 0. The van der Waals surface area contributed by atoms with E-state index in [0.29, 0.717) is 6.61 Å². The third-order valence-corrected chi connectivity index (χ3v) is 4.03. The Morgan fingerprint density at radius 2 is 1.79 bits per heavy atom. The minimum atomic E-state index is 0.318. The van der Waals surface area contributed by atoms with Gasteiger partial charge in [0.15, 0.2) is 0 Å². The van der Waals surface area contributed by atoms with Gasteiger partial charge in [0.2, 0.25) is 0 Å². The Morgan fingerprint density at radius 1 is 1.00 bits per heavy atom. The molecule has 0 unspecified atom stereocenters. The van der Waals surface area contributed by atoms with Gasteiger partial charge in [-0.15, -0.1) is 11.8 Å². The fraction of sp³-hybridized carbons (Fsp3) is 0.455. The SMILES string of the molecule is OCCCSCCSc1ccccc1. The average Bonchev–Trinajstić information content (AvgIpc) is 2.25. The summed E-state index contributed by atoms with van der Waals surface area (Å²) in [6, 6.07) is 10.5. The minimum Gasteiger partial charge on any atom is -0.396 e. The lowest BCUT2D eigenvalue weighted by Gasteiger charge is -2.01. The Balaban J connectivity index is 1.99. The molecule has 0 bridgehead atoms. The summed E-state index contributed by atoms with van der Waals surface area (Å²) in [4.78, 5) is 1.34. The maximum Gasteiger partial charge on any atom is 0.0438 e. The molecule has 3 heteroatoms. The van der Waals surface area contributed by atoms with Gasteiger partial charge in [0, 0.05) is 23.0 Å². The second-order valence-electron chi connectivity index (χ2n) is 2.85. The Bertz CT molecular complexity index is 226. The summed E-state index contributed by atoms with van der Waals surface area (Å²) in [6.07, 6.45) is 0.917. The first-order chi connectivity index (χ1) is 6.93. The molecule has 0 amide bonds. The Morgan fingerprint density at radius 3 is 2.50 bits per heavy atom. The standard InChI is InChI=1S/C11H16OS2/c12-7-4-8-13-9-10-14-11-5-2-1-3-6-11/h1-3,5-6,12H,4,7-10H2. The van der Waals surface area contributed by atoms with Crippen LogP contribution in [0.4, 0.5) is 0 Å². The van der Waals surface area contributed by atoms with Crippen molar-refractivity contribution in [3.05, 3.63) is 30.3 Å². The van der Waals surface area contributed by atoms with E-state index in [1.165, 1.54) is 10.6 Å². The number of benzene rings is 1. The molecule has 0 saturated heterocycles. The smallest absolute Gasteiger partial charge is 0.0438 e. The van der Waals surface area contributed by atoms with E-state index in [1.807, 2.05) is 29.6 Å². The van der Waals surface area contributed by atoms with Gasteiger partial charge in [0.05, 0.1) is 0 Å². The molecule has 0 fully saturated rings. The Labute approximate surface area is 94.3 Å². The van der Waals surface area contributed by atoms with Crippen LogP contribution in [0.2, 0.25) is 0 Å². The number of rotatable bonds is 7. The fourth-order valence-corrected chi connectivity index (χ4v) is 2.93. The van der Waals surface area contributed by atoms with Gasteiger partial charge in [0.25, 0.3) is 0 Å². The predicted molar refractivity (Wildman–Crippen MR) is 66.2 cm³/mol. The summed E-state index contributed by atoms with van der Waals surface area (Å²) in [7, 11) is 0. The topological polar surface area (TPSA) is 20.2 Å². The third kappa shape index (κ3) is 5.58. The van der Waals surface area contributed by atoms with Crippen LogP contribution in [0.1, 0.15) is 6.42 Å². The summed E-state index contributed by atoms with van der Waals surface area (Å²) in [5.74, 6) is 3.39. The van der Waals surface area contributed by atoms with Crippen molar-refractivity contribution >= 4 is 23.5 Å². The molecule has 78 valence electrons. The molecule has 1 N–H and O–H groups in total. The first kappa shape index (κ1) is 12.0. The van der Waals surface area contributed by atoms with Crippen LogP contribution in [0.5, 0.6) is 0 Å². The maximum atomic E-state index is 8.58. The molecule has 0 aliphatic heterocycles. The summed E-state index contributed by atoms with van der Waals surface area (Å²) in [6.45, 7) is 0.318. The zero-order valence-electron chi connectivity index (χ0n) is 8.19. The molecule has 1 aromatic rings. The van der Waals surface area contributed by atoms with E-state index >= 15 is 0 Å². The molecular formula is C11H16OS2. The largest absolute Gasteiger partial charge is 0.396 e. The lowest BCUT2D eigenvalue weighted by Crippen LogP contribution is -1.89. The first-order valence-electron chi connectivity index (χ1n) is 4.80. The van der Waals surface area contributed by atoms with Crippen LogP contribution >= 0.6 is 23.5 Å². The average molecular weight is 228 g/mol. The van der Waals surface area contributed by atoms with E-state index < -0.39 is 0 Å². The van der Waals surface area contributed by atoms with Crippen LogP contribution in [0.15, 0.2) is 35.2 Å². The molecule has 0 heterocycles. The number of hydrogen-bond acceptors (Lipinski definition) is 3. The fourth-order valence-electron chi connectivity index (χ4n) is 1.00. The first-order valence-corrected chi connectivity index (χ1v) is 6.94. The van der Waals surface area contributed by atoms with Gasteiger partial charge in [-0.05, 0) is 24.3 Å². The van der Waals surface area contributed by atoms with Crippen LogP contribution in [0.25, 0.3) is 0 Å². The predicted octanol–water partition coefficient (Wildman–Crippen LogP) is 2.89. The van der Waals surface area contributed by atoms with Crippen molar-refractivity contribution in [1.29, 1.82) is 0 Å². The number of thioether (sulfide) groups is 2. The van der Waals surface area contributed by atoms with E-state index in [0.717, 1.165) is 17.9 Å². The highest BCUT2D eigenvalue weighted by Gasteiger charge is 1.92. The van der Waals surface area contributed by atoms with Crippen LogP contribution < -0.4 is 0 Å². The quantitative estimate of drug-likeness (QED) is 0.572. The van der Waals surface area contributed by atoms with Gasteiger partial charge in [-0.1, -0.05) is 18.2 Å². The molecule has 1 nitrogen and oxygen atoms in total. The summed E-state index contributed by atoms with van der Waals surface area (Å²) >= 11 is 3.81. The monoisotopic (exact) mass is 228 g/mol. The van der Waals surface area contributed by atoms with Gasteiger partial charge in [0.1, 0.15) is 0 Å². The number of aliphatic hydroxyl groups excluding tert-OH is 1. The van der Waals surface area contributed by atoms with E-state index in [9.17, 15) is 0 Å². The van der Waals surface area contributed by atoms with Crippen molar-refractivity contribution in [2.75, 3.05) is 23.9 Å². The second kappa shape index (κ2) is 8.21. The van der Waals surface area contributed by atoms with Gasteiger partial charge >= 0.3 is 0 Å². The Hall–Kier alpha value is -0.120. The third-order valence-electron chi connectivity index (χ3n) is 1.69. The van der Waals surface area contributed by atoms with E-state index in [4.69, 9.17) is 5.11 Å². The molecular weight excluding hydrogens is 212 g/mol. The molecule has 1 rings (SSSR count). The Kier molecular flexibility index (Phi) is 7.01. The molecule has 14 heavy (non-hydrogen) atoms. The lowest BCUT2D eigenvalue weighted by atomic mass is 10.4. The molecule has 1 aromatic carbocycles. The maximum absolute atomic E-state index is 8.58. The molecule has 0 atom stereocenters. The number of hydrogen-bond donors (Lipinski definition) is 1. The molecule has 0 aromatic heterocycles. The minimum absolute atomic E-state index is 0.318. The van der Waals surface area contributed by atoms with Crippen LogP contribution in [0.3, 0.4) is 0 Å². The molecule has 0 saturated carbocycles.